The molecule has 33 heavy (non-hydrogen) atoms. The fourth-order valence-corrected chi connectivity index (χ4v) is 3.57. The summed E-state index contributed by atoms with van der Waals surface area (Å²) in [5.41, 5.74) is -0.244. The Morgan fingerprint density at radius 1 is 1.27 bits per heavy atom. The standard InChI is InChI=1S/C20H27N2O10P/c1-10-16(28-4)12(8-33)19(25)29-7-13(20(26)32-10)22-18(24)15-17(31-9-30-11(2)23)14(27-3)5-6-21-15/h5-6,10,12-13,16H,7-9,33H2,1-4H3,(H,22,24)/t10-,12+,13-,16-/m0/s1. The van der Waals surface area contributed by atoms with Crippen molar-refractivity contribution in [3.63, 3.8) is 0 Å². The van der Waals surface area contributed by atoms with Crippen molar-refractivity contribution in [2.24, 2.45) is 5.92 Å². The number of nitrogens with zero attached hydrogens (tertiary/aromatic N) is 1. The van der Waals surface area contributed by atoms with E-state index in [0.29, 0.717) is 6.16 Å². The van der Waals surface area contributed by atoms with E-state index in [0.717, 1.165) is 0 Å². The van der Waals surface area contributed by atoms with E-state index >= 15 is 0 Å². The fourth-order valence-electron chi connectivity index (χ4n) is 3.11. The number of amides is 1. The summed E-state index contributed by atoms with van der Waals surface area (Å²) in [7, 11) is 5.18. The van der Waals surface area contributed by atoms with Crippen LogP contribution in [0.3, 0.4) is 0 Å². The van der Waals surface area contributed by atoms with Crippen LogP contribution in [0.15, 0.2) is 12.3 Å². The first kappa shape index (κ1) is 26.3. The zero-order valence-corrected chi connectivity index (χ0v) is 19.8. The Hall–Kier alpha value is -2.98. The van der Waals surface area contributed by atoms with Crippen LogP contribution in [0.4, 0.5) is 0 Å². The lowest BCUT2D eigenvalue weighted by atomic mass is 10.0. The maximum Gasteiger partial charge on any atom is 0.332 e. The minimum absolute atomic E-state index is 0.108. The predicted octanol–water partition coefficient (Wildman–Crippen LogP) is 0.0828. The topological polar surface area (TPSA) is 149 Å². The number of hydrogen-bond acceptors (Lipinski definition) is 11. The Morgan fingerprint density at radius 2 is 2.00 bits per heavy atom. The number of esters is 3. The second kappa shape index (κ2) is 12.3. The minimum Gasteiger partial charge on any atom is -0.493 e. The minimum atomic E-state index is -1.32. The Morgan fingerprint density at radius 3 is 2.61 bits per heavy atom. The molecule has 1 unspecified atom stereocenters. The van der Waals surface area contributed by atoms with E-state index in [2.05, 4.69) is 19.5 Å². The Bertz CT molecular complexity index is 880. The van der Waals surface area contributed by atoms with Gasteiger partial charge in [0.2, 0.25) is 6.79 Å². The maximum absolute atomic E-state index is 12.9. The molecule has 1 aromatic rings. The number of hydrogen-bond donors (Lipinski definition) is 1. The van der Waals surface area contributed by atoms with Gasteiger partial charge in [0, 0.05) is 26.3 Å². The van der Waals surface area contributed by atoms with Gasteiger partial charge in [-0.15, -0.1) is 9.24 Å². The third-order valence-electron chi connectivity index (χ3n) is 4.74. The summed E-state index contributed by atoms with van der Waals surface area (Å²) in [6, 6.07) is 0.116. The molecule has 0 aliphatic carbocycles. The van der Waals surface area contributed by atoms with Crippen LogP contribution < -0.4 is 14.8 Å². The van der Waals surface area contributed by atoms with Gasteiger partial charge in [-0.3, -0.25) is 14.4 Å². The number of ether oxygens (including phenoxy) is 6. The molecule has 1 aliphatic rings. The van der Waals surface area contributed by atoms with Gasteiger partial charge >= 0.3 is 17.9 Å². The Balaban J connectivity index is 2.25. The third-order valence-corrected chi connectivity index (χ3v) is 5.25. The molecular formula is C20H27N2O10P. The van der Waals surface area contributed by atoms with E-state index in [-0.39, 0.29) is 17.2 Å². The van der Waals surface area contributed by atoms with Crippen LogP contribution in [0.25, 0.3) is 0 Å². The quantitative estimate of drug-likeness (QED) is 0.230. The molecule has 1 aromatic heterocycles. The number of cyclic esters (lactones) is 2. The molecular weight excluding hydrogens is 459 g/mol. The van der Waals surface area contributed by atoms with Gasteiger partial charge in [-0.2, -0.15) is 0 Å². The molecule has 1 aliphatic heterocycles. The molecule has 12 nitrogen and oxygen atoms in total. The van der Waals surface area contributed by atoms with Gasteiger partial charge in [-0.05, 0) is 13.1 Å². The van der Waals surface area contributed by atoms with Crippen molar-refractivity contribution in [2.45, 2.75) is 32.1 Å². The summed E-state index contributed by atoms with van der Waals surface area (Å²) in [5, 5.41) is 2.44. The van der Waals surface area contributed by atoms with E-state index in [1.54, 1.807) is 6.92 Å². The van der Waals surface area contributed by atoms with Gasteiger partial charge in [0.05, 0.1) is 13.0 Å². The summed E-state index contributed by atoms with van der Waals surface area (Å²) in [6.45, 7) is 1.83. The first-order valence-corrected chi connectivity index (χ1v) is 10.7. The fraction of sp³-hybridized carbons (Fsp3) is 0.550. The van der Waals surface area contributed by atoms with E-state index < -0.39 is 61.4 Å². The zero-order valence-electron chi connectivity index (χ0n) is 18.7. The molecule has 0 aromatic carbocycles. The summed E-state index contributed by atoms with van der Waals surface area (Å²) < 4.78 is 31.3. The van der Waals surface area contributed by atoms with Crippen molar-refractivity contribution in [3.8, 4) is 11.5 Å². The van der Waals surface area contributed by atoms with Crippen LogP contribution in [0.5, 0.6) is 11.5 Å². The van der Waals surface area contributed by atoms with Gasteiger partial charge in [0.25, 0.3) is 5.91 Å². The molecule has 0 bridgehead atoms. The van der Waals surface area contributed by atoms with Crippen molar-refractivity contribution < 1.29 is 47.6 Å². The lowest BCUT2D eigenvalue weighted by Gasteiger charge is -2.27. The van der Waals surface area contributed by atoms with E-state index in [1.165, 1.54) is 33.4 Å². The predicted molar refractivity (Wildman–Crippen MR) is 115 cm³/mol. The molecule has 2 heterocycles. The average molecular weight is 486 g/mol. The molecule has 0 saturated carbocycles. The van der Waals surface area contributed by atoms with Crippen molar-refractivity contribution in [2.75, 3.05) is 33.8 Å². The number of pyridine rings is 1. The second-order valence-corrected chi connectivity index (χ2v) is 7.40. The van der Waals surface area contributed by atoms with Gasteiger partial charge in [-0.1, -0.05) is 0 Å². The SMILES string of the molecule is COc1ccnc(C(=O)N[C@H]2COC(=O)[C@H](CP)[C@@H](OC)[C@H](C)OC2=O)c1OCOC(C)=O. The Labute approximate surface area is 192 Å². The van der Waals surface area contributed by atoms with E-state index in [4.69, 9.17) is 28.4 Å². The van der Waals surface area contributed by atoms with Crippen molar-refractivity contribution in [1.29, 1.82) is 0 Å². The number of rotatable bonds is 8. The highest BCUT2D eigenvalue weighted by atomic mass is 31.0. The van der Waals surface area contributed by atoms with Crippen LogP contribution in [0.2, 0.25) is 0 Å². The average Bonchev–Trinajstić information content (AvgIpc) is 2.82. The summed E-state index contributed by atoms with van der Waals surface area (Å²) in [4.78, 5) is 53.1. The lowest BCUT2D eigenvalue weighted by Crippen LogP contribution is -2.46. The van der Waals surface area contributed by atoms with Gasteiger partial charge in [0.15, 0.2) is 23.2 Å². The van der Waals surface area contributed by atoms with Crippen molar-refractivity contribution in [3.05, 3.63) is 18.0 Å². The monoisotopic (exact) mass is 486 g/mol. The number of methoxy groups -OCH3 is 2. The van der Waals surface area contributed by atoms with Gasteiger partial charge < -0.3 is 33.7 Å². The number of carbonyl (C=O) groups excluding carboxylic acids is 4. The molecule has 2 rings (SSSR count). The largest absolute Gasteiger partial charge is 0.493 e. The number of nitrogens with one attached hydrogen (secondary N) is 1. The van der Waals surface area contributed by atoms with Crippen molar-refractivity contribution in [1.82, 2.24) is 10.3 Å². The normalized spacial score (nSPS) is 23.2. The highest BCUT2D eigenvalue weighted by Gasteiger charge is 2.39. The summed E-state index contributed by atoms with van der Waals surface area (Å²) >= 11 is 0. The Kier molecular flexibility index (Phi) is 9.80. The van der Waals surface area contributed by atoms with Crippen LogP contribution in [0.1, 0.15) is 24.3 Å². The van der Waals surface area contributed by atoms with E-state index in [1.807, 2.05) is 0 Å². The second-order valence-electron chi connectivity index (χ2n) is 6.93. The summed E-state index contributed by atoms with van der Waals surface area (Å²) in [6.07, 6.45) is 0.112. The van der Waals surface area contributed by atoms with Gasteiger partial charge in [0.1, 0.15) is 18.8 Å². The van der Waals surface area contributed by atoms with Crippen LogP contribution >= 0.6 is 9.24 Å². The molecule has 182 valence electrons. The molecule has 1 amide bonds. The molecule has 0 spiro atoms. The molecule has 1 N–H and O–H groups in total. The number of aromatic nitrogens is 1. The highest BCUT2D eigenvalue weighted by Crippen LogP contribution is 2.29. The molecule has 0 radical (unpaired) electrons. The highest BCUT2D eigenvalue weighted by molar-refractivity contribution is 7.16. The molecule has 5 atom stereocenters. The maximum atomic E-state index is 12.9. The first-order chi connectivity index (χ1) is 15.7. The molecule has 1 saturated heterocycles. The van der Waals surface area contributed by atoms with Crippen LogP contribution in [0, 0.1) is 5.92 Å². The van der Waals surface area contributed by atoms with E-state index in [9.17, 15) is 19.2 Å². The first-order valence-electron chi connectivity index (χ1n) is 9.93. The molecule has 1 fully saturated rings. The van der Waals surface area contributed by atoms with Crippen LogP contribution in [-0.2, 0) is 33.3 Å². The zero-order chi connectivity index (χ0) is 24.5. The van der Waals surface area contributed by atoms with Crippen LogP contribution in [-0.4, -0.2) is 80.8 Å². The molecule has 13 heteroatoms. The lowest BCUT2D eigenvalue weighted by molar-refractivity contribution is -0.160. The smallest absolute Gasteiger partial charge is 0.332 e. The van der Waals surface area contributed by atoms with Gasteiger partial charge in [-0.25, -0.2) is 9.78 Å². The van der Waals surface area contributed by atoms with Crippen molar-refractivity contribution >= 4 is 33.1 Å². The third kappa shape index (κ3) is 6.75. The summed E-state index contributed by atoms with van der Waals surface area (Å²) in [5.74, 6) is -3.48. The number of carbonyl (C=O) groups is 4.